The smallest absolute Gasteiger partial charge is 0.268 e. The second-order valence-electron chi connectivity index (χ2n) is 5.51. The van der Waals surface area contributed by atoms with Gasteiger partial charge in [-0.2, -0.15) is 0 Å². The van der Waals surface area contributed by atoms with E-state index in [1.807, 2.05) is 14.1 Å². The molecule has 7 nitrogen and oxygen atoms in total. The second kappa shape index (κ2) is 6.36. The van der Waals surface area contributed by atoms with Crippen LogP contribution in [0.1, 0.15) is 22.5 Å². The monoisotopic (exact) mass is 282 g/mol. The van der Waals surface area contributed by atoms with E-state index in [1.54, 1.807) is 6.07 Å². The zero-order valence-corrected chi connectivity index (χ0v) is 11.9. The molecule has 0 spiro atoms. The van der Waals surface area contributed by atoms with Gasteiger partial charge in [0.1, 0.15) is 12.0 Å². The van der Waals surface area contributed by atoms with E-state index < -0.39 is 0 Å². The number of hydrogen-bond acceptors (Lipinski definition) is 6. The number of furan rings is 1. The summed E-state index contributed by atoms with van der Waals surface area (Å²) in [5.74, 6) is 5.41. The number of carbonyl (C=O) groups excluding carboxylic acids is 1. The number of hydrazine groups is 1. The van der Waals surface area contributed by atoms with Crippen LogP contribution in [0.4, 0.5) is 0 Å². The summed E-state index contributed by atoms with van der Waals surface area (Å²) < 4.78 is 5.38. The third-order valence-electron chi connectivity index (χ3n) is 3.49. The molecule has 1 saturated heterocycles. The standard InChI is InChI=1S/C13H22N4O3/c1-16(2)5-10-4-11(18)6-17(10)7-12-3-9(8-20-12)13(19)15-14/h3,8,10-11,18H,4-7,14H2,1-2H3,(H,15,19). The summed E-state index contributed by atoms with van der Waals surface area (Å²) in [6.07, 6.45) is 1.85. The number of likely N-dealkylation sites (tertiary alicyclic amines) is 1. The number of hydrogen-bond donors (Lipinski definition) is 3. The fraction of sp³-hybridized carbons (Fsp3) is 0.615. The van der Waals surface area contributed by atoms with Crippen molar-refractivity contribution in [1.82, 2.24) is 15.2 Å². The van der Waals surface area contributed by atoms with Crippen molar-refractivity contribution in [2.75, 3.05) is 27.2 Å². The average Bonchev–Trinajstić information content (AvgIpc) is 2.96. The van der Waals surface area contributed by atoms with Gasteiger partial charge in [-0.15, -0.1) is 0 Å². The van der Waals surface area contributed by atoms with Crippen molar-refractivity contribution in [3.05, 3.63) is 23.7 Å². The lowest BCUT2D eigenvalue weighted by Gasteiger charge is -2.25. The Morgan fingerprint density at radius 2 is 2.40 bits per heavy atom. The fourth-order valence-corrected chi connectivity index (χ4v) is 2.63. The first-order valence-corrected chi connectivity index (χ1v) is 6.64. The largest absolute Gasteiger partial charge is 0.467 e. The number of nitrogen functional groups attached to an aromatic ring is 1. The molecule has 0 bridgehead atoms. The van der Waals surface area contributed by atoms with Gasteiger partial charge < -0.3 is 14.4 Å². The van der Waals surface area contributed by atoms with Crippen molar-refractivity contribution < 1.29 is 14.3 Å². The topological polar surface area (TPSA) is 95.0 Å². The van der Waals surface area contributed by atoms with Crippen molar-refractivity contribution in [2.45, 2.75) is 25.1 Å². The van der Waals surface area contributed by atoms with Gasteiger partial charge in [0, 0.05) is 19.1 Å². The van der Waals surface area contributed by atoms with Gasteiger partial charge in [-0.1, -0.05) is 0 Å². The van der Waals surface area contributed by atoms with Crippen LogP contribution in [0.5, 0.6) is 0 Å². The number of nitrogens with one attached hydrogen (secondary N) is 1. The molecular formula is C13H22N4O3. The predicted molar refractivity (Wildman–Crippen MR) is 73.7 cm³/mol. The van der Waals surface area contributed by atoms with E-state index in [0.717, 1.165) is 13.0 Å². The van der Waals surface area contributed by atoms with E-state index in [2.05, 4.69) is 15.2 Å². The maximum absolute atomic E-state index is 11.4. The minimum Gasteiger partial charge on any atom is -0.467 e. The van der Waals surface area contributed by atoms with E-state index in [9.17, 15) is 9.90 Å². The highest BCUT2D eigenvalue weighted by Crippen LogP contribution is 2.22. The summed E-state index contributed by atoms with van der Waals surface area (Å²) in [7, 11) is 4.03. The summed E-state index contributed by atoms with van der Waals surface area (Å²) in [6, 6.07) is 1.97. The third kappa shape index (κ3) is 3.57. The second-order valence-corrected chi connectivity index (χ2v) is 5.51. The number of likely N-dealkylation sites (N-methyl/N-ethyl adjacent to an activating group) is 1. The summed E-state index contributed by atoms with van der Waals surface area (Å²) in [4.78, 5) is 15.6. The number of aliphatic hydroxyl groups is 1. The van der Waals surface area contributed by atoms with E-state index >= 15 is 0 Å². The Labute approximate surface area is 118 Å². The van der Waals surface area contributed by atoms with Gasteiger partial charge in [-0.3, -0.25) is 15.1 Å². The molecular weight excluding hydrogens is 260 g/mol. The fourth-order valence-electron chi connectivity index (χ4n) is 2.63. The van der Waals surface area contributed by atoms with Gasteiger partial charge >= 0.3 is 0 Å². The summed E-state index contributed by atoms with van der Waals surface area (Å²) >= 11 is 0. The Balaban J connectivity index is 2.00. The number of rotatable bonds is 5. The van der Waals surface area contributed by atoms with Gasteiger partial charge in [0.05, 0.1) is 18.2 Å². The highest BCUT2D eigenvalue weighted by Gasteiger charge is 2.31. The average molecular weight is 282 g/mol. The molecule has 2 rings (SSSR count). The molecule has 2 unspecified atom stereocenters. The van der Waals surface area contributed by atoms with E-state index in [0.29, 0.717) is 24.4 Å². The van der Waals surface area contributed by atoms with Crippen molar-refractivity contribution in [3.63, 3.8) is 0 Å². The molecule has 1 aromatic rings. The molecule has 2 heterocycles. The number of nitrogens with two attached hydrogens (primary N) is 1. The third-order valence-corrected chi connectivity index (χ3v) is 3.49. The molecule has 1 aliphatic rings. The van der Waals surface area contributed by atoms with Gasteiger partial charge in [0.25, 0.3) is 5.91 Å². The van der Waals surface area contributed by atoms with Gasteiger partial charge in [-0.05, 0) is 26.6 Å². The quantitative estimate of drug-likeness (QED) is 0.378. The minimum atomic E-state index is -0.369. The maximum atomic E-state index is 11.4. The summed E-state index contributed by atoms with van der Waals surface area (Å²) in [6.45, 7) is 2.08. The van der Waals surface area contributed by atoms with Crippen LogP contribution in [0.15, 0.2) is 16.7 Å². The number of β-amino-alcohol motifs (C(OH)–C–C–N with tert-alkyl or cyclic N) is 1. The summed E-state index contributed by atoms with van der Waals surface area (Å²) in [5, 5.41) is 9.82. The molecule has 1 aliphatic heterocycles. The first kappa shape index (κ1) is 15.0. The minimum absolute atomic E-state index is 0.289. The molecule has 7 heteroatoms. The Kier molecular flexibility index (Phi) is 4.77. The van der Waals surface area contributed by atoms with Crippen molar-refractivity contribution in [1.29, 1.82) is 0 Å². The van der Waals surface area contributed by atoms with E-state index in [-0.39, 0.29) is 18.1 Å². The van der Waals surface area contributed by atoms with Crippen LogP contribution in [0.3, 0.4) is 0 Å². The van der Waals surface area contributed by atoms with E-state index in [1.165, 1.54) is 6.26 Å². The van der Waals surface area contributed by atoms with E-state index in [4.69, 9.17) is 10.3 Å². The lowest BCUT2D eigenvalue weighted by molar-refractivity contribution is 0.0953. The van der Waals surface area contributed by atoms with Crippen LogP contribution < -0.4 is 11.3 Å². The van der Waals surface area contributed by atoms with Crippen LogP contribution in [0, 0.1) is 0 Å². The molecule has 4 N–H and O–H groups in total. The van der Waals surface area contributed by atoms with Crippen molar-refractivity contribution in [2.24, 2.45) is 5.84 Å². The predicted octanol–water partition coefficient (Wildman–Crippen LogP) is -0.620. The molecule has 0 radical (unpaired) electrons. The molecule has 2 atom stereocenters. The van der Waals surface area contributed by atoms with Crippen LogP contribution in [0.2, 0.25) is 0 Å². The molecule has 0 aromatic carbocycles. The summed E-state index contributed by atoms with van der Waals surface area (Å²) in [5.41, 5.74) is 2.48. The Hall–Kier alpha value is -1.41. The Bertz CT molecular complexity index is 460. The first-order chi connectivity index (χ1) is 9.49. The Morgan fingerprint density at radius 3 is 3.05 bits per heavy atom. The van der Waals surface area contributed by atoms with Crippen LogP contribution in [0.25, 0.3) is 0 Å². The molecule has 112 valence electrons. The molecule has 0 aliphatic carbocycles. The lowest BCUT2D eigenvalue weighted by Crippen LogP contribution is -2.37. The van der Waals surface area contributed by atoms with Crippen molar-refractivity contribution in [3.8, 4) is 0 Å². The van der Waals surface area contributed by atoms with Gasteiger partial charge in [0.15, 0.2) is 0 Å². The molecule has 1 amide bonds. The molecule has 20 heavy (non-hydrogen) atoms. The first-order valence-electron chi connectivity index (χ1n) is 6.64. The molecule has 1 fully saturated rings. The number of amides is 1. The van der Waals surface area contributed by atoms with Gasteiger partial charge in [0.2, 0.25) is 0 Å². The highest BCUT2D eigenvalue weighted by molar-refractivity contribution is 5.93. The SMILES string of the molecule is CN(C)CC1CC(O)CN1Cc1cc(C(=O)NN)co1. The van der Waals surface area contributed by atoms with Crippen LogP contribution in [-0.4, -0.2) is 60.1 Å². The number of nitrogens with zero attached hydrogens (tertiary/aromatic N) is 2. The van der Waals surface area contributed by atoms with Gasteiger partial charge in [-0.25, -0.2) is 5.84 Å². The van der Waals surface area contributed by atoms with Crippen molar-refractivity contribution >= 4 is 5.91 Å². The zero-order valence-electron chi connectivity index (χ0n) is 11.9. The molecule has 1 aromatic heterocycles. The lowest BCUT2D eigenvalue weighted by atomic mass is 10.2. The molecule has 0 saturated carbocycles. The number of aliphatic hydroxyl groups excluding tert-OH is 1. The Morgan fingerprint density at radius 1 is 1.65 bits per heavy atom. The highest BCUT2D eigenvalue weighted by atomic mass is 16.3. The normalized spacial score (nSPS) is 23.4. The number of carbonyl (C=O) groups is 1. The maximum Gasteiger partial charge on any atom is 0.268 e. The van der Waals surface area contributed by atoms with Crippen LogP contribution in [-0.2, 0) is 6.54 Å². The van der Waals surface area contributed by atoms with Crippen LogP contribution >= 0.6 is 0 Å². The zero-order chi connectivity index (χ0) is 14.7.